The highest BCUT2D eigenvalue weighted by molar-refractivity contribution is 5.89. The molecule has 1 heterocycles. The van der Waals surface area contributed by atoms with Gasteiger partial charge in [-0.25, -0.2) is 4.79 Å². The Balaban J connectivity index is 1.78. The number of carbonyl (C=O) groups excluding carboxylic acids is 1. The maximum absolute atomic E-state index is 11.9. The van der Waals surface area contributed by atoms with Gasteiger partial charge in [-0.1, -0.05) is 12.1 Å². The Morgan fingerprint density at radius 2 is 1.75 bits per heavy atom. The zero-order chi connectivity index (χ0) is 17.2. The van der Waals surface area contributed by atoms with Gasteiger partial charge in [-0.2, -0.15) is 15.0 Å². The van der Waals surface area contributed by atoms with E-state index in [-0.39, 0.29) is 12.6 Å². The molecule has 2 amide bonds. The summed E-state index contributed by atoms with van der Waals surface area (Å²) in [5.74, 6) is 0. The van der Waals surface area contributed by atoms with Crippen LogP contribution in [0.1, 0.15) is 19.4 Å². The quantitative estimate of drug-likeness (QED) is 0.684. The summed E-state index contributed by atoms with van der Waals surface area (Å²) in [6.45, 7) is 5.69. The number of rotatable bonds is 9. The molecule has 24 heavy (non-hydrogen) atoms. The Kier molecular flexibility index (Phi) is 7.19. The third-order valence-corrected chi connectivity index (χ3v) is 3.14. The third kappa shape index (κ3) is 5.98. The van der Waals surface area contributed by atoms with Crippen LogP contribution in [0.2, 0.25) is 0 Å². The largest absolute Gasteiger partial charge is 0.351 e. The van der Waals surface area contributed by atoms with Crippen LogP contribution in [0.25, 0.3) is 0 Å². The van der Waals surface area contributed by atoms with Crippen molar-refractivity contribution in [3.05, 3.63) is 42.2 Å². The molecule has 0 radical (unpaired) electrons. The van der Waals surface area contributed by atoms with Crippen LogP contribution in [0.5, 0.6) is 0 Å². The van der Waals surface area contributed by atoms with E-state index < -0.39 is 6.29 Å². The summed E-state index contributed by atoms with van der Waals surface area (Å²) in [6.07, 6.45) is 2.84. The lowest BCUT2D eigenvalue weighted by molar-refractivity contribution is -0.131. The lowest BCUT2D eigenvalue weighted by atomic mass is 10.2. The van der Waals surface area contributed by atoms with Gasteiger partial charge in [0.05, 0.1) is 25.5 Å². The molecule has 0 saturated carbocycles. The van der Waals surface area contributed by atoms with E-state index in [9.17, 15) is 4.79 Å². The summed E-state index contributed by atoms with van der Waals surface area (Å²) >= 11 is 0. The summed E-state index contributed by atoms with van der Waals surface area (Å²) in [7, 11) is 0. The van der Waals surface area contributed by atoms with Crippen LogP contribution < -0.4 is 10.6 Å². The second-order valence-electron chi connectivity index (χ2n) is 4.93. The van der Waals surface area contributed by atoms with Crippen molar-refractivity contribution in [1.82, 2.24) is 20.3 Å². The Labute approximate surface area is 141 Å². The molecule has 0 aliphatic carbocycles. The van der Waals surface area contributed by atoms with Crippen molar-refractivity contribution in [2.24, 2.45) is 0 Å². The van der Waals surface area contributed by atoms with Crippen LogP contribution in [-0.4, -0.2) is 47.1 Å². The van der Waals surface area contributed by atoms with Crippen LogP contribution in [-0.2, 0) is 16.0 Å². The molecule has 1 aromatic carbocycles. The summed E-state index contributed by atoms with van der Waals surface area (Å²) in [6, 6.07) is 7.20. The number of anilines is 1. The van der Waals surface area contributed by atoms with Crippen molar-refractivity contribution in [2.75, 3.05) is 25.1 Å². The van der Waals surface area contributed by atoms with E-state index in [4.69, 9.17) is 9.47 Å². The first-order chi connectivity index (χ1) is 11.7. The predicted octanol–water partition coefficient (Wildman–Crippen LogP) is 1.85. The highest BCUT2D eigenvalue weighted by Crippen LogP contribution is 2.10. The van der Waals surface area contributed by atoms with E-state index in [0.717, 1.165) is 5.56 Å². The van der Waals surface area contributed by atoms with E-state index in [1.165, 1.54) is 0 Å². The summed E-state index contributed by atoms with van der Waals surface area (Å²) in [4.78, 5) is 13.5. The molecule has 0 saturated heterocycles. The second kappa shape index (κ2) is 9.64. The lowest BCUT2D eigenvalue weighted by Crippen LogP contribution is -2.37. The molecular formula is C16H23N5O3. The molecule has 1 aromatic heterocycles. The third-order valence-electron chi connectivity index (χ3n) is 3.14. The number of nitrogens with zero attached hydrogens (tertiary/aromatic N) is 3. The van der Waals surface area contributed by atoms with Crippen molar-refractivity contribution in [3.63, 3.8) is 0 Å². The smallest absolute Gasteiger partial charge is 0.319 e. The van der Waals surface area contributed by atoms with E-state index in [1.807, 2.05) is 38.1 Å². The summed E-state index contributed by atoms with van der Waals surface area (Å²) in [5, 5.41) is 13.6. The molecule has 130 valence electrons. The number of amides is 2. The number of carbonyl (C=O) groups is 1. The highest BCUT2D eigenvalue weighted by Gasteiger charge is 2.10. The number of aromatic nitrogens is 3. The fraction of sp³-hybridized carbons (Fsp3) is 0.438. The molecule has 0 aliphatic heterocycles. The van der Waals surface area contributed by atoms with Crippen LogP contribution in [0, 0.1) is 0 Å². The fourth-order valence-electron chi connectivity index (χ4n) is 2.07. The zero-order valence-electron chi connectivity index (χ0n) is 13.9. The Morgan fingerprint density at radius 3 is 2.33 bits per heavy atom. The molecule has 0 bridgehead atoms. The van der Waals surface area contributed by atoms with Crippen LogP contribution in [0.4, 0.5) is 10.5 Å². The minimum absolute atomic E-state index is 0.288. The molecule has 2 aromatic rings. The standard InChI is InChI=1S/C16H23N5O3/c1-3-23-15(24-4-2)11-17-16(22)20-14-7-5-13(6-8-14)12-21-18-9-10-19-21/h5-10,15H,3-4,11-12H2,1-2H3,(H2,17,20,22). The van der Waals surface area contributed by atoms with Gasteiger partial charge in [-0.05, 0) is 31.5 Å². The topological polar surface area (TPSA) is 90.3 Å². The monoisotopic (exact) mass is 333 g/mol. The van der Waals surface area contributed by atoms with Gasteiger partial charge >= 0.3 is 6.03 Å². The highest BCUT2D eigenvalue weighted by atomic mass is 16.7. The van der Waals surface area contributed by atoms with Gasteiger partial charge < -0.3 is 20.1 Å². The first-order valence-electron chi connectivity index (χ1n) is 7.92. The maximum Gasteiger partial charge on any atom is 0.319 e. The van der Waals surface area contributed by atoms with E-state index in [1.54, 1.807) is 17.2 Å². The van der Waals surface area contributed by atoms with Crippen LogP contribution in [0.15, 0.2) is 36.7 Å². The first-order valence-corrected chi connectivity index (χ1v) is 7.92. The molecule has 2 N–H and O–H groups in total. The Bertz CT molecular complexity index is 595. The SMILES string of the molecule is CCOC(CNC(=O)Nc1ccc(Cn2nccn2)cc1)OCC. The predicted molar refractivity (Wildman–Crippen MR) is 89.6 cm³/mol. The van der Waals surface area contributed by atoms with Gasteiger partial charge in [0.1, 0.15) is 0 Å². The average Bonchev–Trinajstić information content (AvgIpc) is 3.08. The van der Waals surface area contributed by atoms with Gasteiger partial charge in [0.2, 0.25) is 0 Å². The van der Waals surface area contributed by atoms with Crippen molar-refractivity contribution in [3.8, 4) is 0 Å². The van der Waals surface area contributed by atoms with E-state index >= 15 is 0 Å². The van der Waals surface area contributed by atoms with Crippen molar-refractivity contribution in [2.45, 2.75) is 26.7 Å². The van der Waals surface area contributed by atoms with E-state index in [0.29, 0.717) is 25.4 Å². The first kappa shape index (κ1) is 17.9. The van der Waals surface area contributed by atoms with Gasteiger partial charge in [0.25, 0.3) is 0 Å². The number of urea groups is 1. The maximum atomic E-state index is 11.9. The average molecular weight is 333 g/mol. The second-order valence-corrected chi connectivity index (χ2v) is 4.93. The fourth-order valence-corrected chi connectivity index (χ4v) is 2.07. The van der Waals surface area contributed by atoms with Crippen molar-refractivity contribution < 1.29 is 14.3 Å². The molecule has 0 aliphatic rings. The summed E-state index contributed by atoms with van der Waals surface area (Å²) in [5.41, 5.74) is 1.75. The van der Waals surface area contributed by atoms with Crippen LogP contribution >= 0.6 is 0 Å². The summed E-state index contributed by atoms with van der Waals surface area (Å²) < 4.78 is 10.7. The number of hydrogen-bond donors (Lipinski definition) is 2. The van der Waals surface area contributed by atoms with Crippen LogP contribution in [0.3, 0.4) is 0 Å². The number of nitrogens with one attached hydrogen (secondary N) is 2. The minimum atomic E-state index is -0.435. The normalized spacial score (nSPS) is 10.8. The lowest BCUT2D eigenvalue weighted by Gasteiger charge is -2.17. The van der Waals surface area contributed by atoms with Gasteiger partial charge in [-0.15, -0.1) is 0 Å². The molecule has 2 rings (SSSR count). The van der Waals surface area contributed by atoms with Crippen molar-refractivity contribution >= 4 is 11.7 Å². The molecule has 0 atom stereocenters. The molecular weight excluding hydrogens is 310 g/mol. The Hall–Kier alpha value is -2.45. The van der Waals surface area contributed by atoms with Gasteiger partial charge in [0, 0.05) is 18.9 Å². The minimum Gasteiger partial charge on any atom is -0.351 e. The van der Waals surface area contributed by atoms with Gasteiger partial charge in [-0.3, -0.25) is 0 Å². The number of hydrogen-bond acceptors (Lipinski definition) is 5. The number of benzene rings is 1. The molecule has 8 heteroatoms. The van der Waals surface area contributed by atoms with E-state index in [2.05, 4.69) is 20.8 Å². The zero-order valence-corrected chi connectivity index (χ0v) is 13.9. The molecule has 8 nitrogen and oxygen atoms in total. The molecule has 0 unspecified atom stereocenters. The Morgan fingerprint density at radius 1 is 1.12 bits per heavy atom. The molecule has 0 fully saturated rings. The number of ether oxygens (including phenoxy) is 2. The van der Waals surface area contributed by atoms with Gasteiger partial charge in [0.15, 0.2) is 6.29 Å². The van der Waals surface area contributed by atoms with Crippen molar-refractivity contribution in [1.29, 1.82) is 0 Å². The molecule has 0 spiro atoms.